The number of aliphatic carboxylic acids is 1. The maximum absolute atomic E-state index is 10.1. The predicted octanol–water partition coefficient (Wildman–Crippen LogP) is 3.46. The third kappa shape index (κ3) is 5.05. The molecule has 0 saturated carbocycles. The Morgan fingerprint density at radius 3 is 2.00 bits per heavy atom. The fraction of sp³-hybridized carbons (Fsp3) is 0.588. The first-order chi connectivity index (χ1) is 9.84. The second-order valence-electron chi connectivity index (χ2n) is 6.08. The van der Waals surface area contributed by atoms with E-state index in [4.69, 9.17) is 5.11 Å². The van der Waals surface area contributed by atoms with Crippen LogP contribution in [0.4, 0.5) is 0 Å². The van der Waals surface area contributed by atoms with Crippen LogP contribution >= 0.6 is 0 Å². The Bertz CT molecular complexity index is 437. The van der Waals surface area contributed by atoms with Crippen LogP contribution in [0, 0.1) is 0 Å². The largest absolute Gasteiger partial charge is 0.507 e. The van der Waals surface area contributed by atoms with E-state index in [9.17, 15) is 9.90 Å². The lowest BCUT2D eigenvalue weighted by Gasteiger charge is -2.14. The van der Waals surface area contributed by atoms with Gasteiger partial charge in [0, 0.05) is 0 Å². The number of nitrogens with one attached hydrogen (secondary N) is 1. The maximum Gasteiger partial charge on any atom is 0.320 e. The molecule has 1 aliphatic rings. The number of rotatable bonds is 3. The Balaban J connectivity index is 0.000000235. The van der Waals surface area contributed by atoms with E-state index >= 15 is 0 Å². The van der Waals surface area contributed by atoms with E-state index in [1.54, 1.807) is 0 Å². The molecule has 1 saturated heterocycles. The monoisotopic (exact) mass is 293 g/mol. The number of para-hydroxylation sites is 1. The molecular weight excluding hydrogens is 266 g/mol. The van der Waals surface area contributed by atoms with E-state index < -0.39 is 5.97 Å². The molecule has 1 heterocycles. The second kappa shape index (κ2) is 8.03. The molecule has 4 nitrogen and oxygen atoms in total. The number of carboxylic acids is 1. The molecule has 1 unspecified atom stereocenters. The Morgan fingerprint density at radius 2 is 1.71 bits per heavy atom. The zero-order chi connectivity index (χ0) is 16.0. The summed E-state index contributed by atoms with van der Waals surface area (Å²) in [4.78, 5) is 10.1. The molecule has 2 rings (SSSR count). The van der Waals surface area contributed by atoms with E-state index in [0.29, 0.717) is 17.6 Å². The molecule has 3 N–H and O–H groups in total. The van der Waals surface area contributed by atoms with Crippen LogP contribution in [0.3, 0.4) is 0 Å². The maximum atomic E-state index is 10.1. The van der Waals surface area contributed by atoms with Gasteiger partial charge < -0.3 is 15.5 Å². The smallest absolute Gasteiger partial charge is 0.320 e. The number of hydrogen-bond acceptors (Lipinski definition) is 3. The summed E-state index contributed by atoms with van der Waals surface area (Å²) in [5.41, 5.74) is 2.09. The van der Waals surface area contributed by atoms with E-state index in [0.717, 1.165) is 30.5 Å². The van der Waals surface area contributed by atoms with Crippen LogP contribution < -0.4 is 5.32 Å². The summed E-state index contributed by atoms with van der Waals surface area (Å²) in [6, 6.07) is 5.73. The highest BCUT2D eigenvalue weighted by Crippen LogP contribution is 2.32. The average Bonchev–Trinajstić information content (AvgIpc) is 2.93. The first-order valence-electron chi connectivity index (χ1n) is 7.62. The third-order valence-corrected chi connectivity index (χ3v) is 3.70. The van der Waals surface area contributed by atoms with Gasteiger partial charge in [-0.1, -0.05) is 45.9 Å². The zero-order valence-corrected chi connectivity index (χ0v) is 13.4. The molecule has 118 valence electrons. The van der Waals surface area contributed by atoms with Crippen LogP contribution in [0.25, 0.3) is 0 Å². The molecule has 0 amide bonds. The molecule has 1 atom stereocenters. The molecule has 4 heteroatoms. The van der Waals surface area contributed by atoms with Gasteiger partial charge in [0.1, 0.15) is 11.8 Å². The van der Waals surface area contributed by atoms with E-state index in [1.807, 2.05) is 18.2 Å². The van der Waals surface area contributed by atoms with E-state index in [-0.39, 0.29) is 6.04 Å². The van der Waals surface area contributed by atoms with Crippen LogP contribution in [-0.2, 0) is 4.79 Å². The van der Waals surface area contributed by atoms with Crippen LogP contribution in [0.5, 0.6) is 5.75 Å². The van der Waals surface area contributed by atoms with Crippen molar-refractivity contribution in [1.82, 2.24) is 5.32 Å². The molecule has 1 aromatic rings. The van der Waals surface area contributed by atoms with Gasteiger partial charge in [0.2, 0.25) is 0 Å². The topological polar surface area (TPSA) is 69.6 Å². The Hall–Kier alpha value is -1.55. The highest BCUT2D eigenvalue weighted by atomic mass is 16.4. The lowest BCUT2D eigenvalue weighted by molar-refractivity contribution is -0.139. The van der Waals surface area contributed by atoms with E-state index in [1.165, 1.54) is 0 Å². The van der Waals surface area contributed by atoms with Crippen LogP contribution in [0.1, 0.15) is 63.5 Å². The fourth-order valence-electron chi connectivity index (χ4n) is 2.41. The van der Waals surface area contributed by atoms with Crippen molar-refractivity contribution in [3.05, 3.63) is 29.3 Å². The first kappa shape index (κ1) is 17.5. The zero-order valence-electron chi connectivity index (χ0n) is 13.4. The Kier molecular flexibility index (Phi) is 6.69. The number of aromatic hydroxyl groups is 1. The molecule has 0 aliphatic carbocycles. The average molecular weight is 293 g/mol. The minimum absolute atomic E-state index is 0.269. The second-order valence-corrected chi connectivity index (χ2v) is 6.08. The Labute approximate surface area is 127 Å². The van der Waals surface area contributed by atoms with Gasteiger partial charge in [-0.2, -0.15) is 0 Å². The summed E-state index contributed by atoms with van der Waals surface area (Å²) in [5, 5.41) is 21.1. The van der Waals surface area contributed by atoms with Gasteiger partial charge >= 0.3 is 5.97 Å². The van der Waals surface area contributed by atoms with Crippen LogP contribution in [-0.4, -0.2) is 28.8 Å². The minimum atomic E-state index is -0.720. The summed E-state index contributed by atoms with van der Waals surface area (Å²) in [6.45, 7) is 9.24. The van der Waals surface area contributed by atoms with Gasteiger partial charge in [0.15, 0.2) is 0 Å². The number of benzene rings is 1. The summed E-state index contributed by atoms with van der Waals surface area (Å²) < 4.78 is 0. The van der Waals surface area contributed by atoms with Crippen molar-refractivity contribution < 1.29 is 15.0 Å². The quantitative estimate of drug-likeness (QED) is 0.798. The summed E-state index contributed by atoms with van der Waals surface area (Å²) in [7, 11) is 0. The Morgan fingerprint density at radius 1 is 1.19 bits per heavy atom. The molecule has 0 aromatic heterocycles. The number of carbonyl (C=O) groups is 1. The SMILES string of the molecule is CC(C)c1cccc(C(C)C)c1O.O=C(O)C1CCCN1. The molecule has 1 aromatic carbocycles. The molecule has 0 bridgehead atoms. The molecular formula is C17H27NO3. The van der Waals surface area contributed by atoms with Gasteiger partial charge in [0.25, 0.3) is 0 Å². The molecule has 1 aliphatic heterocycles. The van der Waals surface area contributed by atoms with Crippen molar-refractivity contribution in [3.63, 3.8) is 0 Å². The summed E-state index contributed by atoms with van der Waals surface area (Å²) in [6.07, 6.45) is 1.78. The van der Waals surface area contributed by atoms with Crippen molar-refractivity contribution in [2.75, 3.05) is 6.54 Å². The number of carboxylic acid groups (broad SMARTS) is 1. The van der Waals surface area contributed by atoms with Crippen molar-refractivity contribution >= 4 is 5.97 Å². The first-order valence-corrected chi connectivity index (χ1v) is 7.62. The standard InChI is InChI=1S/C12H18O.C5H9NO2/c1-8(2)10-6-5-7-11(9(3)4)12(10)13;7-5(8)4-2-1-3-6-4/h5-9,13H,1-4H3;4,6H,1-3H2,(H,7,8). The lowest BCUT2D eigenvalue weighted by atomic mass is 9.94. The fourth-order valence-corrected chi connectivity index (χ4v) is 2.41. The number of hydrogen-bond donors (Lipinski definition) is 3. The lowest BCUT2D eigenvalue weighted by Crippen LogP contribution is -2.29. The van der Waals surface area contributed by atoms with Gasteiger partial charge in [0.05, 0.1) is 0 Å². The van der Waals surface area contributed by atoms with Gasteiger partial charge in [-0.05, 0) is 42.3 Å². The predicted molar refractivity (Wildman–Crippen MR) is 84.9 cm³/mol. The molecule has 0 radical (unpaired) electrons. The van der Waals surface area contributed by atoms with Crippen LogP contribution in [0.2, 0.25) is 0 Å². The molecule has 0 spiro atoms. The van der Waals surface area contributed by atoms with Crippen molar-refractivity contribution in [2.45, 2.75) is 58.4 Å². The number of phenols is 1. The number of phenolic OH excluding ortho intramolecular Hbond substituents is 1. The van der Waals surface area contributed by atoms with Gasteiger partial charge in [-0.15, -0.1) is 0 Å². The normalized spacial score (nSPS) is 17.7. The van der Waals surface area contributed by atoms with Crippen molar-refractivity contribution in [1.29, 1.82) is 0 Å². The summed E-state index contributed by atoms with van der Waals surface area (Å²) in [5.74, 6) is 0.535. The third-order valence-electron chi connectivity index (χ3n) is 3.70. The highest BCUT2D eigenvalue weighted by Gasteiger charge is 2.20. The molecule has 1 fully saturated rings. The minimum Gasteiger partial charge on any atom is -0.507 e. The van der Waals surface area contributed by atoms with Crippen LogP contribution in [0.15, 0.2) is 18.2 Å². The van der Waals surface area contributed by atoms with E-state index in [2.05, 4.69) is 33.0 Å². The molecule has 21 heavy (non-hydrogen) atoms. The summed E-state index contributed by atoms with van der Waals surface area (Å²) >= 11 is 0. The highest BCUT2D eigenvalue weighted by molar-refractivity contribution is 5.73. The van der Waals surface area contributed by atoms with Gasteiger partial charge in [-0.3, -0.25) is 4.79 Å². The van der Waals surface area contributed by atoms with Gasteiger partial charge in [-0.25, -0.2) is 0 Å². The van der Waals surface area contributed by atoms with Crippen molar-refractivity contribution in [2.24, 2.45) is 0 Å². The van der Waals surface area contributed by atoms with Crippen molar-refractivity contribution in [3.8, 4) is 5.75 Å².